The summed E-state index contributed by atoms with van der Waals surface area (Å²) in [7, 11) is -4.38. The lowest BCUT2D eigenvalue weighted by molar-refractivity contribution is -0.107. The van der Waals surface area contributed by atoms with Gasteiger partial charge in [-0.3, -0.25) is 9.36 Å². The van der Waals surface area contributed by atoms with Crippen molar-refractivity contribution < 1.29 is 21.6 Å². The highest BCUT2D eigenvalue weighted by Crippen LogP contribution is 2.35. The lowest BCUT2D eigenvalue weighted by Crippen LogP contribution is -2.45. The van der Waals surface area contributed by atoms with Crippen molar-refractivity contribution in [2.45, 2.75) is 57.3 Å². The first-order valence-electron chi connectivity index (χ1n) is 10.7. The molecule has 32 heavy (non-hydrogen) atoms. The predicted molar refractivity (Wildman–Crippen MR) is 114 cm³/mol. The molecule has 4 rings (SSSR count). The second-order valence-corrected chi connectivity index (χ2v) is 10.6. The number of piperidine rings is 1. The molecule has 3 heterocycles. The number of alkyl halides is 3. The molecule has 8 nitrogen and oxygen atoms in total. The molecule has 176 valence electrons. The summed E-state index contributed by atoms with van der Waals surface area (Å²) in [4.78, 5) is 21.5. The molecule has 0 radical (unpaired) electrons. The van der Waals surface area contributed by atoms with E-state index in [2.05, 4.69) is 22.2 Å². The van der Waals surface area contributed by atoms with Gasteiger partial charge in [0.25, 0.3) is 5.56 Å². The standard InChI is InChI=1S/C20H26F3N5O3S/c1-13-3-2-4-16(13)28-17(29)6-5-14-11-24-19(26-18(14)28)25-15-7-9-27(10-8-15)32(30,31)12-20(21,22)23/h5-6,11,13,15-16H,2-4,7-10,12H2,1H3,(H,24,25,26)/t13-,16+/m0/s1. The van der Waals surface area contributed by atoms with Crippen LogP contribution in [0.4, 0.5) is 19.1 Å². The Bertz CT molecular complexity index is 1140. The van der Waals surface area contributed by atoms with Crippen LogP contribution in [0.25, 0.3) is 11.0 Å². The Kier molecular flexibility index (Phi) is 6.19. The van der Waals surface area contributed by atoms with Gasteiger partial charge in [-0.05, 0) is 37.7 Å². The van der Waals surface area contributed by atoms with Crippen molar-refractivity contribution in [2.24, 2.45) is 5.92 Å². The average molecular weight is 474 g/mol. The number of hydrogen-bond donors (Lipinski definition) is 1. The van der Waals surface area contributed by atoms with Crippen LogP contribution in [0, 0.1) is 5.92 Å². The van der Waals surface area contributed by atoms with E-state index in [4.69, 9.17) is 0 Å². The molecule has 0 spiro atoms. The number of aromatic nitrogens is 3. The monoisotopic (exact) mass is 473 g/mol. The van der Waals surface area contributed by atoms with Crippen molar-refractivity contribution in [1.82, 2.24) is 18.8 Å². The van der Waals surface area contributed by atoms with Crippen LogP contribution in [0.2, 0.25) is 0 Å². The van der Waals surface area contributed by atoms with Crippen molar-refractivity contribution in [2.75, 3.05) is 24.2 Å². The first kappa shape index (κ1) is 23.0. The van der Waals surface area contributed by atoms with Gasteiger partial charge in [-0.15, -0.1) is 0 Å². The highest BCUT2D eigenvalue weighted by atomic mass is 32.2. The quantitative estimate of drug-likeness (QED) is 0.717. The number of sulfonamides is 1. The van der Waals surface area contributed by atoms with E-state index >= 15 is 0 Å². The first-order valence-corrected chi connectivity index (χ1v) is 12.3. The maximum absolute atomic E-state index is 12.6. The predicted octanol–water partition coefficient (Wildman–Crippen LogP) is 2.92. The van der Waals surface area contributed by atoms with Crippen LogP contribution in [0.3, 0.4) is 0 Å². The topological polar surface area (TPSA) is 97.2 Å². The molecule has 2 aliphatic rings. The van der Waals surface area contributed by atoms with Crippen LogP contribution in [-0.2, 0) is 10.0 Å². The van der Waals surface area contributed by atoms with E-state index < -0.39 is 22.0 Å². The summed E-state index contributed by atoms with van der Waals surface area (Å²) in [6.45, 7) is 2.12. The molecule has 1 aliphatic heterocycles. The van der Waals surface area contributed by atoms with Crippen LogP contribution >= 0.6 is 0 Å². The molecule has 0 aromatic carbocycles. The Labute approximate surface area is 183 Å². The molecule has 2 fully saturated rings. The highest BCUT2D eigenvalue weighted by Gasteiger charge is 2.39. The Morgan fingerprint density at radius 2 is 1.88 bits per heavy atom. The molecule has 1 aliphatic carbocycles. The fourth-order valence-electron chi connectivity index (χ4n) is 4.70. The second-order valence-electron chi connectivity index (χ2n) is 8.68. The zero-order valence-corrected chi connectivity index (χ0v) is 18.5. The lowest BCUT2D eigenvalue weighted by Gasteiger charge is -2.31. The minimum absolute atomic E-state index is 0.00599. The van der Waals surface area contributed by atoms with Crippen molar-refractivity contribution in [3.8, 4) is 0 Å². The molecule has 2 aromatic heterocycles. The highest BCUT2D eigenvalue weighted by molar-refractivity contribution is 7.89. The summed E-state index contributed by atoms with van der Waals surface area (Å²) in [6.07, 6.45) is 0.570. The Morgan fingerprint density at radius 1 is 1.16 bits per heavy atom. The van der Waals surface area contributed by atoms with Gasteiger partial charge < -0.3 is 5.32 Å². The van der Waals surface area contributed by atoms with Gasteiger partial charge in [-0.1, -0.05) is 13.3 Å². The number of rotatable bonds is 5. The molecular weight excluding hydrogens is 447 g/mol. The van der Waals surface area contributed by atoms with Gasteiger partial charge in [0.15, 0.2) is 5.75 Å². The summed E-state index contributed by atoms with van der Waals surface area (Å²) in [5, 5.41) is 3.91. The lowest BCUT2D eigenvalue weighted by atomic mass is 10.1. The van der Waals surface area contributed by atoms with Gasteiger partial charge in [-0.2, -0.15) is 18.2 Å². The normalized spacial score (nSPS) is 23.6. The van der Waals surface area contributed by atoms with E-state index in [-0.39, 0.29) is 30.7 Å². The fourth-order valence-corrected chi connectivity index (χ4v) is 6.06. The molecule has 12 heteroatoms. The number of nitrogens with one attached hydrogen (secondary N) is 1. The number of nitrogens with zero attached hydrogens (tertiary/aromatic N) is 4. The summed E-state index contributed by atoms with van der Waals surface area (Å²) >= 11 is 0. The molecule has 1 N–H and O–H groups in total. The third-order valence-electron chi connectivity index (χ3n) is 6.34. The summed E-state index contributed by atoms with van der Waals surface area (Å²) in [6, 6.07) is 3.12. The van der Waals surface area contributed by atoms with Crippen molar-refractivity contribution in [1.29, 1.82) is 0 Å². The number of hydrogen-bond acceptors (Lipinski definition) is 6. The molecule has 2 aromatic rings. The maximum atomic E-state index is 12.6. The van der Waals surface area contributed by atoms with Gasteiger partial charge in [0.05, 0.1) is 0 Å². The van der Waals surface area contributed by atoms with Crippen LogP contribution in [0.5, 0.6) is 0 Å². The number of pyridine rings is 1. The maximum Gasteiger partial charge on any atom is 0.404 e. The van der Waals surface area contributed by atoms with E-state index in [1.165, 1.54) is 6.07 Å². The summed E-state index contributed by atoms with van der Waals surface area (Å²) in [5.41, 5.74) is 0.447. The van der Waals surface area contributed by atoms with Crippen LogP contribution in [-0.4, -0.2) is 58.3 Å². The van der Waals surface area contributed by atoms with Gasteiger partial charge >= 0.3 is 6.18 Å². The van der Waals surface area contributed by atoms with E-state index in [0.717, 1.165) is 29.0 Å². The third-order valence-corrected chi connectivity index (χ3v) is 8.19. The second kappa shape index (κ2) is 8.62. The number of anilines is 1. The molecule has 2 atom stereocenters. The Balaban J connectivity index is 1.49. The van der Waals surface area contributed by atoms with Crippen molar-refractivity contribution in [3.63, 3.8) is 0 Å². The largest absolute Gasteiger partial charge is 0.404 e. The van der Waals surface area contributed by atoms with Crippen LogP contribution < -0.4 is 10.9 Å². The third kappa shape index (κ3) is 4.90. The zero-order chi connectivity index (χ0) is 23.1. The number of fused-ring (bicyclic) bond motifs is 1. The van der Waals surface area contributed by atoms with Gasteiger partial charge in [0.1, 0.15) is 5.65 Å². The average Bonchev–Trinajstić information content (AvgIpc) is 3.12. The number of halogens is 3. The molecule has 0 unspecified atom stereocenters. The van der Waals surface area contributed by atoms with Gasteiger partial charge in [-0.25, -0.2) is 17.7 Å². The van der Waals surface area contributed by atoms with Crippen molar-refractivity contribution in [3.05, 3.63) is 28.7 Å². The van der Waals surface area contributed by atoms with E-state index in [9.17, 15) is 26.4 Å². The van der Waals surface area contributed by atoms with E-state index in [0.29, 0.717) is 30.4 Å². The first-order chi connectivity index (χ1) is 15.0. The summed E-state index contributed by atoms with van der Waals surface area (Å²) < 4.78 is 64.2. The zero-order valence-electron chi connectivity index (χ0n) is 17.7. The van der Waals surface area contributed by atoms with Gasteiger partial charge in [0.2, 0.25) is 16.0 Å². The molecule has 1 saturated heterocycles. The summed E-state index contributed by atoms with van der Waals surface area (Å²) in [5.74, 6) is -1.16. The van der Waals surface area contributed by atoms with E-state index in [1.54, 1.807) is 16.8 Å². The molecule has 0 amide bonds. The molecule has 0 bridgehead atoms. The SMILES string of the molecule is C[C@H]1CCC[C@H]1n1c(=O)ccc2cnc(NC3CCN(S(=O)(=O)CC(F)(F)F)CC3)nc21. The fraction of sp³-hybridized carbons (Fsp3) is 0.650. The van der Waals surface area contributed by atoms with E-state index in [1.807, 2.05) is 0 Å². The van der Waals surface area contributed by atoms with Crippen LogP contribution in [0.1, 0.15) is 45.1 Å². The van der Waals surface area contributed by atoms with Crippen molar-refractivity contribution >= 4 is 27.0 Å². The minimum Gasteiger partial charge on any atom is -0.351 e. The van der Waals surface area contributed by atoms with Crippen LogP contribution in [0.15, 0.2) is 23.1 Å². The Morgan fingerprint density at radius 3 is 2.50 bits per heavy atom. The molecular formula is C20H26F3N5O3S. The molecule has 1 saturated carbocycles. The smallest absolute Gasteiger partial charge is 0.351 e. The minimum atomic E-state index is -4.76. The van der Waals surface area contributed by atoms with Gasteiger partial charge in [0, 0.05) is 42.8 Å². The Hall–Kier alpha value is -2.21.